The molecule has 3 rings (SSSR count). The lowest BCUT2D eigenvalue weighted by molar-refractivity contribution is -0.0204. The van der Waals surface area contributed by atoms with Crippen molar-refractivity contribution in [3.05, 3.63) is 27.1 Å². The molecule has 2 aliphatic rings. The number of aliphatic hydroxyl groups excluding tert-OH is 1. The molecule has 18 heavy (non-hydrogen) atoms. The number of hydrogen-bond donors (Lipinski definition) is 1. The largest absolute Gasteiger partial charge is 0.462 e. The second-order valence-electron chi connectivity index (χ2n) is 4.23. The molecule has 0 amide bonds. The summed E-state index contributed by atoms with van der Waals surface area (Å²) in [5.41, 5.74) is 0.0814. The number of rotatable bonds is 1. The summed E-state index contributed by atoms with van der Waals surface area (Å²) in [5, 5.41) is 9.76. The van der Waals surface area contributed by atoms with Crippen LogP contribution in [0, 0.1) is 0 Å². The van der Waals surface area contributed by atoms with Crippen LogP contribution in [0.15, 0.2) is 16.0 Å². The van der Waals surface area contributed by atoms with Crippen LogP contribution in [-0.2, 0) is 4.74 Å². The minimum Gasteiger partial charge on any atom is -0.462 e. The van der Waals surface area contributed by atoms with Crippen molar-refractivity contribution in [1.29, 1.82) is 0 Å². The lowest BCUT2D eigenvalue weighted by atomic mass is 10.2. The van der Waals surface area contributed by atoms with Gasteiger partial charge in [0.2, 0.25) is 0 Å². The van der Waals surface area contributed by atoms with E-state index >= 15 is 0 Å². The number of ether oxygens (including phenoxy) is 2. The lowest BCUT2D eigenvalue weighted by Crippen LogP contribution is -2.29. The van der Waals surface area contributed by atoms with Gasteiger partial charge in [-0.05, 0) is 11.1 Å². The Morgan fingerprint density at radius 2 is 2.44 bits per heavy atom. The van der Waals surface area contributed by atoms with Crippen molar-refractivity contribution in [1.82, 2.24) is 9.55 Å². The third-order valence-corrected chi connectivity index (χ3v) is 3.34. The zero-order valence-corrected chi connectivity index (χ0v) is 10.9. The fourth-order valence-corrected chi connectivity index (χ4v) is 2.44. The van der Waals surface area contributed by atoms with Gasteiger partial charge in [0.05, 0.1) is 11.7 Å². The van der Waals surface area contributed by atoms with Gasteiger partial charge in [0, 0.05) is 12.6 Å². The van der Waals surface area contributed by atoms with Gasteiger partial charge in [-0.2, -0.15) is 4.98 Å². The molecule has 2 aliphatic heterocycles. The molecule has 0 saturated carbocycles. The first-order valence-electron chi connectivity index (χ1n) is 5.55. The van der Waals surface area contributed by atoms with E-state index in [1.54, 1.807) is 21.8 Å². The van der Waals surface area contributed by atoms with Crippen LogP contribution in [0.2, 0.25) is 0 Å². The Balaban J connectivity index is 2.09. The van der Waals surface area contributed by atoms with Gasteiger partial charge in [-0.15, -0.1) is 0 Å². The van der Waals surface area contributed by atoms with E-state index in [2.05, 4.69) is 20.9 Å². The summed E-state index contributed by atoms with van der Waals surface area (Å²) in [7, 11) is 0. The van der Waals surface area contributed by atoms with E-state index in [9.17, 15) is 9.90 Å². The Morgan fingerprint density at radius 3 is 3.22 bits per heavy atom. The molecule has 6 nitrogen and oxygen atoms in total. The van der Waals surface area contributed by atoms with E-state index in [-0.39, 0.29) is 30.5 Å². The highest BCUT2D eigenvalue weighted by molar-refractivity contribution is 9.11. The Kier molecular flexibility index (Phi) is 2.96. The summed E-state index contributed by atoms with van der Waals surface area (Å²) in [6.45, 7) is 0.206. The minimum absolute atomic E-state index is 0.206. The Bertz CT molecular complexity index is 556. The second kappa shape index (κ2) is 4.49. The van der Waals surface area contributed by atoms with Gasteiger partial charge in [0.15, 0.2) is 0 Å². The molecule has 0 spiro atoms. The fraction of sp³-hybridized carbons (Fsp3) is 0.455. The van der Waals surface area contributed by atoms with Gasteiger partial charge < -0.3 is 14.6 Å². The normalized spacial score (nSPS) is 30.0. The van der Waals surface area contributed by atoms with Crippen LogP contribution in [0.4, 0.5) is 0 Å². The van der Waals surface area contributed by atoms with Gasteiger partial charge in [-0.1, -0.05) is 15.9 Å². The minimum atomic E-state index is -0.544. The SMILES string of the molecule is O=c1nc2n(cc1/C=C/Br)C1CC(O)C(CO2)O1. The number of aliphatic hydroxyl groups is 1. The molecule has 1 saturated heterocycles. The van der Waals surface area contributed by atoms with Crippen molar-refractivity contribution >= 4 is 22.0 Å². The van der Waals surface area contributed by atoms with Crippen LogP contribution in [0.25, 0.3) is 6.08 Å². The molecule has 0 aliphatic carbocycles. The van der Waals surface area contributed by atoms with Crippen LogP contribution in [0.1, 0.15) is 18.2 Å². The van der Waals surface area contributed by atoms with E-state index in [4.69, 9.17) is 9.47 Å². The first-order valence-corrected chi connectivity index (χ1v) is 6.47. The number of nitrogens with zero attached hydrogens (tertiary/aromatic N) is 2. The monoisotopic (exact) mass is 314 g/mol. The topological polar surface area (TPSA) is 73.6 Å². The maximum atomic E-state index is 11.7. The molecule has 1 fully saturated rings. The molecule has 7 heteroatoms. The van der Waals surface area contributed by atoms with Gasteiger partial charge >= 0.3 is 6.01 Å². The Labute approximate surface area is 111 Å². The highest BCUT2D eigenvalue weighted by Crippen LogP contribution is 2.34. The first-order chi connectivity index (χ1) is 8.69. The third kappa shape index (κ3) is 1.88. The average molecular weight is 315 g/mol. The van der Waals surface area contributed by atoms with Crippen LogP contribution in [0.5, 0.6) is 6.01 Å². The van der Waals surface area contributed by atoms with E-state index < -0.39 is 6.10 Å². The van der Waals surface area contributed by atoms with Crippen molar-refractivity contribution in [2.75, 3.05) is 6.61 Å². The lowest BCUT2D eigenvalue weighted by Gasteiger charge is -2.16. The zero-order valence-electron chi connectivity index (χ0n) is 9.32. The number of fused-ring (bicyclic) bond motifs is 4. The molecular formula is C11H11BrN2O4. The van der Waals surface area contributed by atoms with E-state index in [1.807, 2.05) is 0 Å². The smallest absolute Gasteiger partial charge is 0.301 e. The third-order valence-electron chi connectivity index (χ3n) is 3.08. The molecule has 0 radical (unpaired) electrons. The molecule has 3 atom stereocenters. The van der Waals surface area contributed by atoms with Gasteiger partial charge in [0.25, 0.3) is 5.56 Å². The quantitative estimate of drug-likeness (QED) is 0.824. The van der Waals surface area contributed by atoms with Crippen LogP contribution in [0.3, 0.4) is 0 Å². The number of aromatic nitrogens is 2. The summed E-state index contributed by atoms with van der Waals surface area (Å²) in [6, 6.07) is 0.242. The highest BCUT2D eigenvalue weighted by atomic mass is 79.9. The van der Waals surface area contributed by atoms with Gasteiger partial charge in [0.1, 0.15) is 18.9 Å². The molecule has 3 unspecified atom stereocenters. The van der Waals surface area contributed by atoms with Crippen molar-refractivity contribution in [3.8, 4) is 6.01 Å². The van der Waals surface area contributed by atoms with Gasteiger partial charge in [-0.25, -0.2) is 0 Å². The molecule has 96 valence electrons. The van der Waals surface area contributed by atoms with E-state index in [0.29, 0.717) is 12.0 Å². The molecular weight excluding hydrogens is 304 g/mol. The molecule has 3 heterocycles. The van der Waals surface area contributed by atoms with Crippen molar-refractivity contribution in [2.24, 2.45) is 0 Å². The van der Waals surface area contributed by atoms with E-state index in [0.717, 1.165) is 0 Å². The van der Waals surface area contributed by atoms with Gasteiger partial charge in [-0.3, -0.25) is 9.36 Å². The summed E-state index contributed by atoms with van der Waals surface area (Å²) >= 11 is 3.12. The summed E-state index contributed by atoms with van der Waals surface area (Å²) in [4.78, 5) is 17.2. The average Bonchev–Trinajstić information content (AvgIpc) is 2.61. The first kappa shape index (κ1) is 11.9. The fourth-order valence-electron chi connectivity index (χ4n) is 2.16. The van der Waals surface area contributed by atoms with Crippen molar-refractivity contribution in [2.45, 2.75) is 24.9 Å². The standard InChI is InChI=1S/C11H11BrN2O4/c12-2-1-6-4-14-9-3-7(15)8(18-9)5-17-11(14)13-10(6)16/h1-2,4,7-9,15H,3,5H2/b2-1+. The Morgan fingerprint density at radius 1 is 1.61 bits per heavy atom. The van der Waals surface area contributed by atoms with Crippen molar-refractivity contribution < 1.29 is 14.6 Å². The maximum Gasteiger partial charge on any atom is 0.301 e. The molecule has 1 aromatic rings. The second-order valence-corrected chi connectivity index (χ2v) is 4.76. The molecule has 1 aromatic heterocycles. The predicted octanol–water partition coefficient (Wildman–Crippen LogP) is 0.650. The predicted molar refractivity (Wildman–Crippen MR) is 66.5 cm³/mol. The highest BCUT2D eigenvalue weighted by Gasteiger charge is 2.39. The summed E-state index contributed by atoms with van der Waals surface area (Å²) < 4.78 is 12.7. The summed E-state index contributed by atoms with van der Waals surface area (Å²) in [6.07, 6.45) is 2.48. The Hall–Kier alpha value is -1.18. The van der Waals surface area contributed by atoms with Crippen LogP contribution < -0.4 is 10.3 Å². The molecule has 1 N–H and O–H groups in total. The maximum absolute atomic E-state index is 11.7. The van der Waals surface area contributed by atoms with Crippen molar-refractivity contribution in [3.63, 3.8) is 0 Å². The number of halogens is 1. The molecule has 0 aromatic carbocycles. The van der Waals surface area contributed by atoms with Crippen LogP contribution in [-0.4, -0.2) is 33.5 Å². The van der Waals surface area contributed by atoms with E-state index in [1.165, 1.54) is 0 Å². The number of hydrogen-bond acceptors (Lipinski definition) is 5. The van der Waals surface area contributed by atoms with Crippen LogP contribution >= 0.6 is 15.9 Å². The zero-order chi connectivity index (χ0) is 12.7. The summed E-state index contributed by atoms with van der Waals surface area (Å²) in [5.74, 6) is 0. The molecule has 2 bridgehead atoms.